The summed E-state index contributed by atoms with van der Waals surface area (Å²) in [6.45, 7) is 3.84. The monoisotopic (exact) mass is 200 g/mol. The summed E-state index contributed by atoms with van der Waals surface area (Å²) >= 11 is 5.49. The average molecular weight is 201 g/mol. The van der Waals surface area contributed by atoms with E-state index in [1.165, 1.54) is 0 Å². The summed E-state index contributed by atoms with van der Waals surface area (Å²) in [4.78, 5) is 0. The van der Waals surface area contributed by atoms with Crippen molar-refractivity contribution in [3.05, 3.63) is 28.8 Å². The molecule has 2 N–H and O–H groups in total. The molecule has 0 fully saturated rings. The Labute approximate surface area is 82.8 Å². The second kappa shape index (κ2) is 3.99. The Balaban J connectivity index is 3.15. The zero-order valence-corrected chi connectivity index (χ0v) is 8.47. The SMILES string of the molecule is Cc1cc(O)c(C(O)CCl)cc1C. The van der Waals surface area contributed by atoms with Crippen molar-refractivity contribution < 1.29 is 10.2 Å². The molecule has 1 aromatic rings. The van der Waals surface area contributed by atoms with Crippen LogP contribution in [0.15, 0.2) is 12.1 Å². The van der Waals surface area contributed by atoms with Crippen LogP contribution < -0.4 is 0 Å². The highest BCUT2D eigenvalue weighted by molar-refractivity contribution is 6.18. The first-order chi connectivity index (χ1) is 6.06. The lowest BCUT2D eigenvalue weighted by Crippen LogP contribution is -2.00. The second-order valence-electron chi connectivity index (χ2n) is 3.17. The Hall–Kier alpha value is -0.730. The lowest BCUT2D eigenvalue weighted by Gasteiger charge is -2.11. The number of aliphatic hydroxyl groups is 1. The number of halogens is 1. The Bertz CT molecular complexity index is 310. The molecular weight excluding hydrogens is 188 g/mol. The maximum atomic E-state index is 9.50. The summed E-state index contributed by atoms with van der Waals surface area (Å²) in [6.07, 6.45) is -0.791. The molecule has 0 amide bonds. The summed E-state index contributed by atoms with van der Waals surface area (Å²) in [5, 5.41) is 18.9. The van der Waals surface area contributed by atoms with Gasteiger partial charge in [-0.3, -0.25) is 0 Å². The highest BCUT2D eigenvalue weighted by atomic mass is 35.5. The molecule has 0 bridgehead atoms. The van der Waals surface area contributed by atoms with Gasteiger partial charge in [0.2, 0.25) is 0 Å². The molecule has 1 atom stereocenters. The quantitative estimate of drug-likeness (QED) is 0.720. The van der Waals surface area contributed by atoms with Gasteiger partial charge in [-0.25, -0.2) is 0 Å². The van der Waals surface area contributed by atoms with Crippen LogP contribution in [-0.2, 0) is 0 Å². The van der Waals surface area contributed by atoms with E-state index in [1.807, 2.05) is 13.8 Å². The van der Waals surface area contributed by atoms with Crippen LogP contribution in [0.25, 0.3) is 0 Å². The van der Waals surface area contributed by atoms with Gasteiger partial charge in [0, 0.05) is 5.56 Å². The van der Waals surface area contributed by atoms with Crippen LogP contribution >= 0.6 is 11.6 Å². The largest absolute Gasteiger partial charge is 0.508 e. The predicted octanol–water partition coefficient (Wildman–Crippen LogP) is 2.28. The number of aryl methyl sites for hydroxylation is 2. The molecule has 0 saturated heterocycles. The highest BCUT2D eigenvalue weighted by Gasteiger charge is 2.12. The maximum Gasteiger partial charge on any atom is 0.121 e. The summed E-state index contributed by atoms with van der Waals surface area (Å²) < 4.78 is 0. The van der Waals surface area contributed by atoms with Gasteiger partial charge in [0.15, 0.2) is 0 Å². The molecule has 0 radical (unpaired) electrons. The van der Waals surface area contributed by atoms with Crippen molar-refractivity contribution in [2.75, 3.05) is 5.88 Å². The highest BCUT2D eigenvalue weighted by Crippen LogP contribution is 2.27. The van der Waals surface area contributed by atoms with Crippen molar-refractivity contribution in [3.8, 4) is 5.75 Å². The molecule has 0 saturated carbocycles. The van der Waals surface area contributed by atoms with E-state index < -0.39 is 6.10 Å². The smallest absolute Gasteiger partial charge is 0.121 e. The lowest BCUT2D eigenvalue weighted by molar-refractivity contribution is 0.198. The first-order valence-electron chi connectivity index (χ1n) is 4.10. The first-order valence-corrected chi connectivity index (χ1v) is 4.64. The van der Waals surface area contributed by atoms with E-state index in [4.69, 9.17) is 11.6 Å². The Morgan fingerprint density at radius 1 is 1.31 bits per heavy atom. The summed E-state index contributed by atoms with van der Waals surface area (Å²) in [5.74, 6) is 0.201. The third kappa shape index (κ3) is 2.14. The minimum Gasteiger partial charge on any atom is -0.508 e. The van der Waals surface area contributed by atoms with E-state index in [0.717, 1.165) is 11.1 Å². The number of alkyl halides is 1. The fraction of sp³-hybridized carbons (Fsp3) is 0.400. The van der Waals surface area contributed by atoms with Crippen molar-refractivity contribution in [1.82, 2.24) is 0 Å². The van der Waals surface area contributed by atoms with Gasteiger partial charge in [-0.15, -0.1) is 11.6 Å². The van der Waals surface area contributed by atoms with Crippen molar-refractivity contribution in [2.24, 2.45) is 0 Å². The van der Waals surface area contributed by atoms with Crippen LogP contribution in [-0.4, -0.2) is 16.1 Å². The molecule has 1 aromatic carbocycles. The minimum absolute atomic E-state index is 0.0933. The van der Waals surface area contributed by atoms with Crippen LogP contribution in [0, 0.1) is 13.8 Å². The average Bonchev–Trinajstić information content (AvgIpc) is 2.10. The number of aliphatic hydroxyl groups excluding tert-OH is 1. The Morgan fingerprint density at radius 3 is 2.38 bits per heavy atom. The van der Waals surface area contributed by atoms with Crippen LogP contribution in [0.4, 0.5) is 0 Å². The molecule has 1 rings (SSSR count). The number of benzene rings is 1. The van der Waals surface area contributed by atoms with Crippen LogP contribution in [0.1, 0.15) is 22.8 Å². The Kier molecular flexibility index (Phi) is 3.17. The van der Waals surface area contributed by atoms with Gasteiger partial charge < -0.3 is 10.2 Å². The van der Waals surface area contributed by atoms with Gasteiger partial charge in [0.25, 0.3) is 0 Å². The van der Waals surface area contributed by atoms with Crippen molar-refractivity contribution in [3.63, 3.8) is 0 Å². The van der Waals surface area contributed by atoms with E-state index >= 15 is 0 Å². The van der Waals surface area contributed by atoms with Crippen molar-refractivity contribution in [2.45, 2.75) is 20.0 Å². The topological polar surface area (TPSA) is 40.5 Å². The molecule has 72 valence electrons. The number of aromatic hydroxyl groups is 1. The van der Waals surface area contributed by atoms with Gasteiger partial charge >= 0.3 is 0 Å². The summed E-state index contributed by atoms with van der Waals surface area (Å²) in [6, 6.07) is 3.40. The lowest BCUT2D eigenvalue weighted by atomic mass is 10.0. The number of phenolic OH excluding ortho intramolecular Hbond substituents is 1. The third-order valence-corrected chi connectivity index (χ3v) is 2.44. The molecule has 0 aromatic heterocycles. The van der Waals surface area contributed by atoms with Crippen LogP contribution in [0.5, 0.6) is 5.75 Å². The van der Waals surface area contributed by atoms with Gasteiger partial charge in [0.1, 0.15) is 5.75 Å². The van der Waals surface area contributed by atoms with Gasteiger partial charge in [-0.1, -0.05) is 0 Å². The molecule has 3 heteroatoms. The van der Waals surface area contributed by atoms with Crippen molar-refractivity contribution in [1.29, 1.82) is 0 Å². The summed E-state index contributed by atoms with van der Waals surface area (Å²) in [5.41, 5.74) is 2.54. The third-order valence-electron chi connectivity index (χ3n) is 2.15. The molecular formula is C10H13ClO2. The molecule has 0 heterocycles. The molecule has 13 heavy (non-hydrogen) atoms. The molecule has 2 nitrogen and oxygen atoms in total. The maximum absolute atomic E-state index is 9.50. The van der Waals surface area contributed by atoms with E-state index in [1.54, 1.807) is 12.1 Å². The van der Waals surface area contributed by atoms with E-state index in [-0.39, 0.29) is 11.6 Å². The Morgan fingerprint density at radius 2 is 1.85 bits per heavy atom. The normalized spacial score (nSPS) is 12.9. The van der Waals surface area contributed by atoms with Gasteiger partial charge in [-0.05, 0) is 37.1 Å². The molecule has 0 spiro atoms. The van der Waals surface area contributed by atoms with Gasteiger partial charge in [-0.2, -0.15) is 0 Å². The van der Waals surface area contributed by atoms with E-state index in [9.17, 15) is 10.2 Å². The summed E-state index contributed by atoms with van der Waals surface area (Å²) in [7, 11) is 0. The fourth-order valence-corrected chi connectivity index (χ4v) is 1.34. The van der Waals surface area contributed by atoms with Crippen molar-refractivity contribution >= 4 is 11.6 Å². The van der Waals surface area contributed by atoms with Crippen LogP contribution in [0.2, 0.25) is 0 Å². The minimum atomic E-state index is -0.791. The number of rotatable bonds is 2. The molecule has 1 unspecified atom stereocenters. The molecule has 0 aliphatic carbocycles. The molecule has 0 aliphatic heterocycles. The van der Waals surface area contributed by atoms with Gasteiger partial charge in [0.05, 0.1) is 12.0 Å². The number of hydrogen-bond acceptors (Lipinski definition) is 2. The van der Waals surface area contributed by atoms with Crippen LogP contribution in [0.3, 0.4) is 0 Å². The van der Waals surface area contributed by atoms with E-state index in [0.29, 0.717) is 5.56 Å². The predicted molar refractivity (Wildman–Crippen MR) is 53.3 cm³/mol. The van der Waals surface area contributed by atoms with E-state index in [2.05, 4.69) is 0 Å². The number of phenols is 1. The number of hydrogen-bond donors (Lipinski definition) is 2. The fourth-order valence-electron chi connectivity index (χ4n) is 1.17. The second-order valence-corrected chi connectivity index (χ2v) is 3.47. The first kappa shape index (κ1) is 10.4. The molecule has 0 aliphatic rings. The zero-order chi connectivity index (χ0) is 10.0. The standard InChI is InChI=1S/C10H13ClO2/c1-6-3-8(10(13)5-11)9(12)4-7(6)2/h3-4,10,12-13H,5H2,1-2H3. The zero-order valence-electron chi connectivity index (χ0n) is 7.71.